The number of aliphatic imine (C=N–C) groups is 1. The molecule has 4 heteroatoms. The summed E-state index contributed by atoms with van der Waals surface area (Å²) in [6, 6.07) is 0. The van der Waals surface area contributed by atoms with Crippen LogP contribution < -0.4 is 16.4 Å². The van der Waals surface area contributed by atoms with Gasteiger partial charge in [0.2, 0.25) is 0 Å². The topological polar surface area (TPSA) is 62.4 Å². The van der Waals surface area contributed by atoms with E-state index in [1.54, 1.807) is 0 Å². The van der Waals surface area contributed by atoms with Gasteiger partial charge in [-0.1, -0.05) is 13.8 Å². The number of nitrogens with one attached hydrogen (secondary N) is 2. The van der Waals surface area contributed by atoms with Crippen molar-refractivity contribution in [1.82, 2.24) is 10.6 Å². The second-order valence-electron chi connectivity index (χ2n) is 3.58. The third-order valence-corrected chi connectivity index (χ3v) is 2.69. The van der Waals surface area contributed by atoms with Gasteiger partial charge in [0.25, 0.3) is 0 Å². The molecule has 4 N–H and O–H groups in total. The van der Waals surface area contributed by atoms with Gasteiger partial charge in [-0.05, 0) is 12.8 Å². The maximum atomic E-state index is 6.13. The van der Waals surface area contributed by atoms with Gasteiger partial charge in [0.05, 0.1) is 6.54 Å². The van der Waals surface area contributed by atoms with E-state index in [-0.39, 0.29) is 5.54 Å². The first kappa shape index (κ1) is 10.3. The Bertz CT molecular complexity index is 184. The smallest absolute Gasteiger partial charge is 0.191 e. The van der Waals surface area contributed by atoms with Crippen molar-refractivity contribution in [3.63, 3.8) is 0 Å². The van der Waals surface area contributed by atoms with Crippen molar-refractivity contribution < 1.29 is 0 Å². The summed E-state index contributed by atoms with van der Waals surface area (Å²) in [5.41, 5.74) is 6.04. The van der Waals surface area contributed by atoms with Crippen LogP contribution in [0.4, 0.5) is 0 Å². The van der Waals surface area contributed by atoms with Crippen molar-refractivity contribution in [3.05, 3.63) is 0 Å². The van der Waals surface area contributed by atoms with Crippen molar-refractivity contribution in [2.24, 2.45) is 10.7 Å². The normalized spacial score (nSPS) is 16.7. The molecular formula is C9H20N4. The van der Waals surface area contributed by atoms with Crippen LogP contribution in [-0.2, 0) is 0 Å². The molecule has 1 rings (SSSR count). The minimum atomic E-state index is -0.0905. The van der Waals surface area contributed by atoms with Crippen LogP contribution >= 0.6 is 0 Å². The van der Waals surface area contributed by atoms with Gasteiger partial charge >= 0.3 is 0 Å². The highest BCUT2D eigenvalue weighted by Crippen LogP contribution is 2.09. The molecule has 4 nitrogen and oxygen atoms in total. The van der Waals surface area contributed by atoms with Gasteiger partial charge < -0.3 is 16.4 Å². The summed E-state index contributed by atoms with van der Waals surface area (Å²) in [6.45, 7) is 6.85. The maximum Gasteiger partial charge on any atom is 0.191 e. The van der Waals surface area contributed by atoms with Gasteiger partial charge in [-0.2, -0.15) is 0 Å². The molecular weight excluding hydrogens is 164 g/mol. The zero-order valence-electron chi connectivity index (χ0n) is 8.56. The molecule has 0 amide bonds. The van der Waals surface area contributed by atoms with E-state index in [0.717, 1.165) is 38.4 Å². The predicted octanol–water partition coefficient (Wildman–Crippen LogP) is 0.0527. The third-order valence-electron chi connectivity index (χ3n) is 2.69. The molecule has 0 spiro atoms. The van der Waals surface area contributed by atoms with Gasteiger partial charge in [-0.3, -0.25) is 4.99 Å². The molecule has 13 heavy (non-hydrogen) atoms. The molecule has 0 aromatic rings. The van der Waals surface area contributed by atoms with E-state index in [4.69, 9.17) is 5.73 Å². The summed E-state index contributed by atoms with van der Waals surface area (Å²) in [4.78, 5) is 4.25. The molecule has 76 valence electrons. The second-order valence-corrected chi connectivity index (χ2v) is 3.58. The SMILES string of the molecule is CCC(N)(CC)CNC1=NCCN1. The molecule has 0 radical (unpaired) electrons. The van der Waals surface area contributed by atoms with Crippen LogP contribution in [0.15, 0.2) is 4.99 Å². The van der Waals surface area contributed by atoms with Crippen molar-refractivity contribution in [2.45, 2.75) is 32.2 Å². The van der Waals surface area contributed by atoms with Crippen molar-refractivity contribution in [2.75, 3.05) is 19.6 Å². The van der Waals surface area contributed by atoms with E-state index in [9.17, 15) is 0 Å². The van der Waals surface area contributed by atoms with E-state index in [2.05, 4.69) is 29.5 Å². The van der Waals surface area contributed by atoms with E-state index >= 15 is 0 Å². The van der Waals surface area contributed by atoms with E-state index in [1.807, 2.05) is 0 Å². The lowest BCUT2D eigenvalue weighted by Gasteiger charge is -2.27. The number of nitrogens with zero attached hydrogens (tertiary/aromatic N) is 1. The van der Waals surface area contributed by atoms with Crippen LogP contribution in [0.25, 0.3) is 0 Å². The summed E-state index contributed by atoms with van der Waals surface area (Å²) in [7, 11) is 0. The Kier molecular flexibility index (Phi) is 3.54. The minimum absolute atomic E-state index is 0.0905. The molecule has 0 aliphatic carbocycles. The first-order valence-electron chi connectivity index (χ1n) is 5.01. The fourth-order valence-corrected chi connectivity index (χ4v) is 1.28. The number of guanidine groups is 1. The number of hydrogen-bond acceptors (Lipinski definition) is 4. The highest BCUT2D eigenvalue weighted by atomic mass is 15.2. The first-order valence-corrected chi connectivity index (χ1v) is 5.01. The molecule has 0 atom stereocenters. The largest absolute Gasteiger partial charge is 0.355 e. The summed E-state index contributed by atoms with van der Waals surface area (Å²) in [5, 5.41) is 6.40. The van der Waals surface area contributed by atoms with E-state index in [0.29, 0.717) is 0 Å². The average Bonchev–Trinajstić information content (AvgIpc) is 2.67. The molecule has 0 aromatic heterocycles. The Hall–Kier alpha value is -0.770. The van der Waals surface area contributed by atoms with Crippen LogP contribution in [0.3, 0.4) is 0 Å². The Morgan fingerprint density at radius 3 is 2.69 bits per heavy atom. The second kappa shape index (κ2) is 4.46. The van der Waals surface area contributed by atoms with Crippen LogP contribution in [-0.4, -0.2) is 31.1 Å². The zero-order chi connectivity index (χ0) is 9.73. The van der Waals surface area contributed by atoms with Crippen LogP contribution in [0.5, 0.6) is 0 Å². The summed E-state index contributed by atoms with van der Waals surface area (Å²) < 4.78 is 0. The quantitative estimate of drug-likeness (QED) is 0.578. The number of nitrogens with two attached hydrogens (primary N) is 1. The molecule has 1 heterocycles. The lowest BCUT2D eigenvalue weighted by molar-refractivity contribution is 0.391. The van der Waals surface area contributed by atoms with Gasteiger partial charge in [0, 0.05) is 18.6 Å². The number of rotatable bonds is 4. The van der Waals surface area contributed by atoms with Crippen molar-refractivity contribution in [3.8, 4) is 0 Å². The minimum Gasteiger partial charge on any atom is -0.355 e. The Balaban J connectivity index is 2.31. The molecule has 0 saturated carbocycles. The fraction of sp³-hybridized carbons (Fsp3) is 0.889. The lowest BCUT2D eigenvalue weighted by atomic mass is 9.94. The molecule has 0 aromatic carbocycles. The van der Waals surface area contributed by atoms with Crippen LogP contribution in [0, 0.1) is 0 Å². The van der Waals surface area contributed by atoms with Gasteiger partial charge in [0.15, 0.2) is 5.96 Å². The van der Waals surface area contributed by atoms with Crippen molar-refractivity contribution >= 4 is 5.96 Å². The van der Waals surface area contributed by atoms with Gasteiger partial charge in [-0.15, -0.1) is 0 Å². The average molecular weight is 184 g/mol. The highest BCUT2D eigenvalue weighted by molar-refractivity contribution is 5.81. The first-order chi connectivity index (χ1) is 6.20. The maximum absolute atomic E-state index is 6.13. The van der Waals surface area contributed by atoms with Gasteiger partial charge in [-0.25, -0.2) is 0 Å². The molecule has 1 aliphatic heterocycles. The van der Waals surface area contributed by atoms with E-state index < -0.39 is 0 Å². The standard InChI is InChI=1S/C9H20N4/c1-3-9(10,4-2)7-13-8-11-5-6-12-8/h3-7,10H2,1-2H3,(H2,11,12,13). The fourth-order valence-electron chi connectivity index (χ4n) is 1.28. The molecule has 0 fully saturated rings. The summed E-state index contributed by atoms with van der Waals surface area (Å²) in [6.07, 6.45) is 1.98. The zero-order valence-corrected chi connectivity index (χ0v) is 8.56. The Labute approximate surface area is 80.0 Å². The predicted molar refractivity (Wildman–Crippen MR) is 55.8 cm³/mol. The molecule has 1 aliphatic rings. The third kappa shape index (κ3) is 2.88. The summed E-state index contributed by atoms with van der Waals surface area (Å²) in [5.74, 6) is 0.900. The lowest BCUT2D eigenvalue weighted by Crippen LogP contribution is -2.51. The van der Waals surface area contributed by atoms with Crippen molar-refractivity contribution in [1.29, 1.82) is 0 Å². The van der Waals surface area contributed by atoms with Gasteiger partial charge in [0.1, 0.15) is 0 Å². The van der Waals surface area contributed by atoms with E-state index in [1.165, 1.54) is 0 Å². The summed E-state index contributed by atoms with van der Waals surface area (Å²) >= 11 is 0. The highest BCUT2D eigenvalue weighted by Gasteiger charge is 2.20. The Morgan fingerprint density at radius 1 is 1.54 bits per heavy atom. The van der Waals surface area contributed by atoms with Crippen LogP contribution in [0.1, 0.15) is 26.7 Å². The monoisotopic (exact) mass is 184 g/mol. The number of hydrogen-bond donors (Lipinski definition) is 3. The molecule has 0 unspecified atom stereocenters. The Morgan fingerprint density at radius 2 is 2.23 bits per heavy atom. The van der Waals surface area contributed by atoms with Crippen LogP contribution in [0.2, 0.25) is 0 Å². The molecule has 0 bridgehead atoms. The molecule has 0 saturated heterocycles.